The predicted molar refractivity (Wildman–Crippen MR) is 110 cm³/mol. The van der Waals surface area contributed by atoms with Crippen molar-refractivity contribution in [1.29, 1.82) is 0 Å². The zero-order chi connectivity index (χ0) is 19.1. The van der Waals surface area contributed by atoms with Crippen molar-refractivity contribution in [2.24, 2.45) is 0 Å². The maximum absolute atomic E-state index is 12.4. The van der Waals surface area contributed by atoms with Gasteiger partial charge in [0.15, 0.2) is 0 Å². The number of pyridine rings is 1. The number of ether oxygens (including phenoxy) is 2. The first-order valence-electron chi connectivity index (χ1n) is 9.64. The van der Waals surface area contributed by atoms with Gasteiger partial charge in [-0.3, -0.25) is 4.79 Å². The lowest BCUT2D eigenvalue weighted by atomic mass is 9.95. The number of nitrogens with one attached hydrogen (secondary N) is 1. The van der Waals surface area contributed by atoms with E-state index in [0.29, 0.717) is 13.2 Å². The van der Waals surface area contributed by atoms with E-state index in [9.17, 15) is 4.79 Å². The summed E-state index contributed by atoms with van der Waals surface area (Å²) in [5.74, 6) is 1.71. The molecule has 0 aliphatic carbocycles. The first-order chi connectivity index (χ1) is 13.7. The van der Waals surface area contributed by atoms with Gasteiger partial charge in [0.25, 0.3) is 0 Å². The summed E-state index contributed by atoms with van der Waals surface area (Å²) in [5, 5.41) is 0. The number of benzene rings is 2. The molecule has 5 rings (SSSR count). The first-order valence-corrected chi connectivity index (χ1v) is 9.64. The Labute approximate surface area is 163 Å². The Morgan fingerprint density at radius 3 is 2.71 bits per heavy atom. The minimum atomic E-state index is -0.108. The third-order valence-corrected chi connectivity index (χ3v) is 5.40. The van der Waals surface area contributed by atoms with Crippen molar-refractivity contribution in [3.8, 4) is 22.8 Å². The third kappa shape index (κ3) is 3.08. The fourth-order valence-electron chi connectivity index (χ4n) is 4.00. The van der Waals surface area contributed by atoms with Gasteiger partial charge in [0.05, 0.1) is 18.9 Å². The van der Waals surface area contributed by atoms with Crippen molar-refractivity contribution in [2.75, 3.05) is 31.2 Å². The summed E-state index contributed by atoms with van der Waals surface area (Å²) < 4.78 is 11.7. The first kappa shape index (κ1) is 17.1. The van der Waals surface area contributed by atoms with Crippen LogP contribution >= 0.6 is 0 Å². The normalized spacial score (nSPS) is 15.5. The van der Waals surface area contributed by atoms with Crippen LogP contribution in [-0.2, 0) is 11.2 Å². The maximum atomic E-state index is 12.4. The van der Waals surface area contributed by atoms with Crippen molar-refractivity contribution in [1.82, 2.24) is 4.98 Å². The third-order valence-electron chi connectivity index (χ3n) is 5.40. The van der Waals surface area contributed by atoms with Crippen molar-refractivity contribution < 1.29 is 9.47 Å². The predicted octanol–water partition coefficient (Wildman–Crippen LogP) is 3.88. The van der Waals surface area contributed by atoms with Crippen LogP contribution in [0.2, 0.25) is 0 Å². The Morgan fingerprint density at radius 1 is 1.00 bits per heavy atom. The summed E-state index contributed by atoms with van der Waals surface area (Å²) in [6.07, 6.45) is 0.827. The largest absolute Gasteiger partial charge is 0.456 e. The molecule has 0 atom stereocenters. The molecule has 3 heterocycles. The van der Waals surface area contributed by atoms with Crippen molar-refractivity contribution >= 4 is 5.69 Å². The molecule has 142 valence electrons. The van der Waals surface area contributed by atoms with E-state index in [4.69, 9.17) is 9.47 Å². The topological polar surface area (TPSA) is 54.6 Å². The van der Waals surface area contributed by atoms with Crippen LogP contribution in [0.5, 0.6) is 11.5 Å². The van der Waals surface area contributed by atoms with Gasteiger partial charge in [0, 0.05) is 36.8 Å². The molecule has 0 saturated carbocycles. The van der Waals surface area contributed by atoms with Gasteiger partial charge < -0.3 is 19.4 Å². The Bertz CT molecular complexity index is 1100. The van der Waals surface area contributed by atoms with E-state index < -0.39 is 0 Å². The number of fused-ring (bicyclic) bond motifs is 2. The molecule has 2 aliphatic heterocycles. The van der Waals surface area contributed by atoms with Crippen LogP contribution in [0, 0.1) is 6.92 Å². The van der Waals surface area contributed by atoms with Gasteiger partial charge in [0.2, 0.25) is 5.56 Å². The Balaban J connectivity index is 1.57. The van der Waals surface area contributed by atoms with E-state index in [1.165, 1.54) is 11.1 Å². The molecular formula is C23H22N2O3. The fraction of sp³-hybridized carbons (Fsp3) is 0.261. The molecule has 1 aromatic heterocycles. The number of aromatic amines is 1. The van der Waals surface area contributed by atoms with E-state index in [2.05, 4.69) is 35.0 Å². The molecule has 0 spiro atoms. The molecule has 3 aromatic rings. The van der Waals surface area contributed by atoms with Crippen LogP contribution in [0.25, 0.3) is 11.3 Å². The Kier molecular flexibility index (Phi) is 4.17. The lowest BCUT2D eigenvalue weighted by Gasteiger charge is -2.29. The van der Waals surface area contributed by atoms with Crippen molar-refractivity contribution in [3.63, 3.8) is 0 Å². The fourth-order valence-corrected chi connectivity index (χ4v) is 4.00. The highest BCUT2D eigenvalue weighted by Gasteiger charge is 2.22. The summed E-state index contributed by atoms with van der Waals surface area (Å²) in [5.41, 5.74) is 6.06. The molecule has 1 saturated heterocycles. The van der Waals surface area contributed by atoms with Crippen LogP contribution in [0.15, 0.2) is 53.3 Å². The van der Waals surface area contributed by atoms with E-state index in [0.717, 1.165) is 53.5 Å². The Morgan fingerprint density at radius 2 is 1.86 bits per heavy atom. The lowest BCUT2D eigenvalue weighted by Crippen LogP contribution is -2.36. The van der Waals surface area contributed by atoms with Gasteiger partial charge in [0.1, 0.15) is 11.5 Å². The number of hydrogen-bond acceptors (Lipinski definition) is 4. The molecule has 0 radical (unpaired) electrons. The highest BCUT2D eigenvalue weighted by Crippen LogP contribution is 2.42. The summed E-state index contributed by atoms with van der Waals surface area (Å²) >= 11 is 0. The number of morpholine rings is 1. The SMILES string of the molecule is Cc1ccc2c(c1)Cc1cccc(-c3cc(N4CCOCC4)cc(=O)[nH]3)c1O2. The van der Waals surface area contributed by atoms with Crippen LogP contribution in [0.4, 0.5) is 5.69 Å². The van der Waals surface area contributed by atoms with Gasteiger partial charge >= 0.3 is 0 Å². The second kappa shape index (κ2) is 6.84. The maximum Gasteiger partial charge on any atom is 0.250 e. The van der Waals surface area contributed by atoms with Gasteiger partial charge in [-0.15, -0.1) is 0 Å². The summed E-state index contributed by atoms with van der Waals surface area (Å²) in [4.78, 5) is 17.6. The molecule has 1 fully saturated rings. The van der Waals surface area contributed by atoms with Crippen LogP contribution in [0.3, 0.4) is 0 Å². The molecule has 1 N–H and O–H groups in total. The second-order valence-corrected chi connectivity index (χ2v) is 7.40. The highest BCUT2D eigenvalue weighted by atomic mass is 16.5. The molecule has 0 bridgehead atoms. The molecule has 2 aromatic carbocycles. The van der Waals surface area contributed by atoms with E-state index in [1.54, 1.807) is 6.07 Å². The lowest BCUT2D eigenvalue weighted by molar-refractivity contribution is 0.122. The summed E-state index contributed by atoms with van der Waals surface area (Å²) in [6.45, 7) is 5.04. The van der Waals surface area contributed by atoms with E-state index in [1.807, 2.05) is 24.3 Å². The zero-order valence-corrected chi connectivity index (χ0v) is 15.8. The summed E-state index contributed by atoms with van der Waals surface area (Å²) in [7, 11) is 0. The van der Waals surface area contributed by atoms with Crippen LogP contribution in [0.1, 0.15) is 16.7 Å². The molecule has 5 heteroatoms. The van der Waals surface area contributed by atoms with Gasteiger partial charge in [-0.05, 0) is 36.2 Å². The summed E-state index contributed by atoms with van der Waals surface area (Å²) in [6, 6.07) is 16.1. The van der Waals surface area contributed by atoms with E-state index >= 15 is 0 Å². The molecule has 0 amide bonds. The van der Waals surface area contributed by atoms with Gasteiger partial charge in [-0.1, -0.05) is 29.8 Å². The molecule has 28 heavy (non-hydrogen) atoms. The molecule has 2 aliphatic rings. The number of nitrogens with zero attached hydrogens (tertiary/aromatic N) is 1. The minimum Gasteiger partial charge on any atom is -0.456 e. The van der Waals surface area contributed by atoms with Crippen molar-refractivity contribution in [3.05, 3.63) is 75.6 Å². The van der Waals surface area contributed by atoms with Crippen LogP contribution in [-0.4, -0.2) is 31.3 Å². The highest BCUT2D eigenvalue weighted by molar-refractivity contribution is 5.74. The minimum absolute atomic E-state index is 0.108. The smallest absolute Gasteiger partial charge is 0.250 e. The van der Waals surface area contributed by atoms with Crippen molar-refractivity contribution in [2.45, 2.75) is 13.3 Å². The number of anilines is 1. The zero-order valence-electron chi connectivity index (χ0n) is 15.8. The average molecular weight is 374 g/mol. The Hall–Kier alpha value is -3.05. The van der Waals surface area contributed by atoms with Crippen LogP contribution < -0.4 is 15.2 Å². The quantitative estimate of drug-likeness (QED) is 0.578. The number of para-hydroxylation sites is 1. The monoisotopic (exact) mass is 374 g/mol. The van der Waals surface area contributed by atoms with Gasteiger partial charge in [-0.25, -0.2) is 0 Å². The molecule has 0 unspecified atom stereocenters. The number of H-pyrrole nitrogens is 1. The second-order valence-electron chi connectivity index (χ2n) is 7.40. The average Bonchev–Trinajstić information content (AvgIpc) is 2.72. The van der Waals surface area contributed by atoms with E-state index in [-0.39, 0.29) is 5.56 Å². The molecular weight excluding hydrogens is 352 g/mol. The number of hydrogen-bond donors (Lipinski definition) is 1. The van der Waals surface area contributed by atoms with Gasteiger partial charge in [-0.2, -0.15) is 0 Å². The standard InChI is InChI=1S/C23H22N2O3/c1-15-5-6-21-17(11-15)12-16-3-2-4-19(23(16)28-21)20-13-18(14-22(26)24-20)25-7-9-27-10-8-25/h2-6,11,13-14H,7-10,12H2,1H3,(H,24,26). The number of aryl methyl sites for hydroxylation is 1. The number of rotatable bonds is 2. The number of aromatic nitrogens is 1. The molecule has 5 nitrogen and oxygen atoms in total.